The van der Waals surface area contributed by atoms with Gasteiger partial charge in [-0.05, 0) is 31.4 Å². The van der Waals surface area contributed by atoms with Crippen molar-refractivity contribution in [2.45, 2.75) is 44.1 Å². The molecule has 1 aliphatic carbocycles. The number of aliphatic hydroxyl groups is 1. The van der Waals surface area contributed by atoms with E-state index in [9.17, 15) is 9.50 Å². The lowest BCUT2D eigenvalue weighted by Crippen LogP contribution is -2.44. The summed E-state index contributed by atoms with van der Waals surface area (Å²) >= 11 is 0. The smallest absolute Gasteiger partial charge is 0.127 e. The molecule has 0 heterocycles. The molecule has 0 radical (unpaired) electrons. The lowest BCUT2D eigenvalue weighted by molar-refractivity contribution is 0.0619. The monoisotopic (exact) mass is 284 g/mol. The van der Waals surface area contributed by atoms with Crippen LogP contribution in [0.4, 0.5) is 4.39 Å². The number of aliphatic hydroxyl groups excluding tert-OH is 1. The van der Waals surface area contributed by atoms with Crippen LogP contribution >= 0.6 is 0 Å². The molecule has 0 aliphatic heterocycles. The van der Waals surface area contributed by atoms with Crippen LogP contribution in [0.25, 0.3) is 0 Å². The van der Waals surface area contributed by atoms with E-state index in [4.69, 9.17) is 0 Å². The first kappa shape index (κ1) is 14.3. The fourth-order valence-corrected chi connectivity index (χ4v) is 3.63. The van der Waals surface area contributed by atoms with E-state index in [0.29, 0.717) is 5.56 Å². The average molecular weight is 284 g/mol. The van der Waals surface area contributed by atoms with Gasteiger partial charge in [0.05, 0.1) is 6.10 Å². The summed E-state index contributed by atoms with van der Waals surface area (Å²) in [7, 11) is 0. The van der Waals surface area contributed by atoms with Crippen LogP contribution in [0.15, 0.2) is 48.5 Å². The molecule has 1 saturated carbocycles. The molecule has 0 spiro atoms. The molecule has 2 aromatic carbocycles. The lowest BCUT2D eigenvalue weighted by Gasteiger charge is -2.42. The fourth-order valence-electron chi connectivity index (χ4n) is 3.63. The molecule has 1 fully saturated rings. The number of benzene rings is 2. The Labute approximate surface area is 125 Å². The molecule has 1 N–H and O–H groups in total. The zero-order valence-corrected chi connectivity index (χ0v) is 12.3. The van der Waals surface area contributed by atoms with Gasteiger partial charge in [0.15, 0.2) is 0 Å². The fraction of sp³-hybridized carbons (Fsp3) is 0.368. The summed E-state index contributed by atoms with van der Waals surface area (Å²) in [6, 6.07) is 15.0. The summed E-state index contributed by atoms with van der Waals surface area (Å²) < 4.78 is 14.4. The van der Waals surface area contributed by atoms with Gasteiger partial charge >= 0.3 is 0 Å². The highest BCUT2D eigenvalue weighted by molar-refractivity contribution is 5.43. The van der Waals surface area contributed by atoms with Crippen molar-refractivity contribution in [1.29, 1.82) is 0 Å². The minimum Gasteiger partial charge on any atom is -0.392 e. The predicted molar refractivity (Wildman–Crippen MR) is 82.8 cm³/mol. The summed E-state index contributed by atoms with van der Waals surface area (Å²) in [5, 5.41) is 10.8. The first-order chi connectivity index (χ1) is 10.1. The van der Waals surface area contributed by atoms with Crippen molar-refractivity contribution < 1.29 is 9.50 Å². The Morgan fingerprint density at radius 3 is 2.43 bits per heavy atom. The second-order valence-corrected chi connectivity index (χ2v) is 6.08. The second-order valence-electron chi connectivity index (χ2n) is 6.08. The Balaban J connectivity index is 2.20. The van der Waals surface area contributed by atoms with Gasteiger partial charge < -0.3 is 5.11 Å². The van der Waals surface area contributed by atoms with Crippen molar-refractivity contribution in [3.63, 3.8) is 0 Å². The van der Waals surface area contributed by atoms with Gasteiger partial charge in [0.1, 0.15) is 5.82 Å². The maximum atomic E-state index is 14.4. The first-order valence-corrected chi connectivity index (χ1v) is 7.65. The average Bonchev–Trinajstić information content (AvgIpc) is 2.50. The van der Waals surface area contributed by atoms with Gasteiger partial charge in [0.25, 0.3) is 0 Å². The van der Waals surface area contributed by atoms with E-state index in [-0.39, 0.29) is 5.82 Å². The normalized spacial score (nSPS) is 25.8. The van der Waals surface area contributed by atoms with Crippen LogP contribution in [-0.2, 0) is 5.41 Å². The van der Waals surface area contributed by atoms with Gasteiger partial charge in [-0.2, -0.15) is 0 Å². The third-order valence-corrected chi connectivity index (χ3v) is 4.79. The summed E-state index contributed by atoms with van der Waals surface area (Å²) in [5.74, 6) is -0.223. The van der Waals surface area contributed by atoms with Gasteiger partial charge in [-0.3, -0.25) is 0 Å². The Morgan fingerprint density at radius 1 is 1.05 bits per heavy atom. The quantitative estimate of drug-likeness (QED) is 0.869. The number of rotatable bonds is 2. The third-order valence-electron chi connectivity index (χ3n) is 4.79. The van der Waals surface area contributed by atoms with Gasteiger partial charge in [-0.1, -0.05) is 60.9 Å². The molecule has 1 nitrogen and oxygen atoms in total. The van der Waals surface area contributed by atoms with Crippen molar-refractivity contribution in [2.24, 2.45) is 0 Å². The number of hydrogen-bond donors (Lipinski definition) is 1. The van der Waals surface area contributed by atoms with Crippen LogP contribution in [0.2, 0.25) is 0 Å². The number of aryl methyl sites for hydroxylation is 1. The summed E-state index contributed by atoms with van der Waals surface area (Å²) in [6.45, 7) is 2.04. The van der Waals surface area contributed by atoms with E-state index in [1.807, 2.05) is 43.3 Å². The molecule has 2 heteroatoms. The SMILES string of the molecule is Cc1ccc(C2(c3ccccc3F)CCCCC2O)cc1. The summed E-state index contributed by atoms with van der Waals surface area (Å²) in [4.78, 5) is 0. The molecule has 3 rings (SSSR count). The van der Waals surface area contributed by atoms with Crippen LogP contribution in [0, 0.1) is 12.7 Å². The molecule has 2 unspecified atom stereocenters. The highest BCUT2D eigenvalue weighted by Gasteiger charge is 2.44. The molecule has 0 amide bonds. The molecular weight excluding hydrogens is 263 g/mol. The van der Waals surface area contributed by atoms with Crippen LogP contribution in [0.5, 0.6) is 0 Å². The molecule has 2 aromatic rings. The summed E-state index contributed by atoms with van der Waals surface area (Å²) in [6.07, 6.45) is 2.99. The molecule has 2 atom stereocenters. The Bertz CT molecular complexity index is 620. The number of hydrogen-bond acceptors (Lipinski definition) is 1. The first-order valence-electron chi connectivity index (χ1n) is 7.65. The zero-order valence-electron chi connectivity index (χ0n) is 12.3. The second kappa shape index (κ2) is 5.61. The topological polar surface area (TPSA) is 20.2 Å². The molecule has 1 aliphatic rings. The van der Waals surface area contributed by atoms with Crippen molar-refractivity contribution in [3.05, 3.63) is 71.0 Å². The minimum atomic E-state index is -0.614. The minimum absolute atomic E-state index is 0.223. The van der Waals surface area contributed by atoms with Crippen LogP contribution in [0.3, 0.4) is 0 Å². The van der Waals surface area contributed by atoms with Crippen LogP contribution < -0.4 is 0 Å². The Morgan fingerprint density at radius 2 is 1.76 bits per heavy atom. The third kappa shape index (κ3) is 2.38. The van der Waals surface area contributed by atoms with Crippen LogP contribution in [-0.4, -0.2) is 11.2 Å². The van der Waals surface area contributed by atoms with Gasteiger partial charge in [-0.25, -0.2) is 4.39 Å². The van der Waals surface area contributed by atoms with E-state index >= 15 is 0 Å². The summed E-state index contributed by atoms with van der Waals surface area (Å²) in [5.41, 5.74) is 2.20. The molecule has 0 bridgehead atoms. The van der Waals surface area contributed by atoms with Gasteiger partial charge in [-0.15, -0.1) is 0 Å². The molecule has 21 heavy (non-hydrogen) atoms. The van der Waals surface area contributed by atoms with E-state index in [1.165, 1.54) is 11.6 Å². The maximum absolute atomic E-state index is 14.4. The van der Waals surface area contributed by atoms with Crippen molar-refractivity contribution in [1.82, 2.24) is 0 Å². The zero-order chi connectivity index (χ0) is 14.9. The highest BCUT2D eigenvalue weighted by atomic mass is 19.1. The highest BCUT2D eigenvalue weighted by Crippen LogP contribution is 2.45. The molecule has 0 saturated heterocycles. The van der Waals surface area contributed by atoms with E-state index in [2.05, 4.69) is 0 Å². The van der Waals surface area contributed by atoms with E-state index in [1.54, 1.807) is 6.07 Å². The molecule has 0 aromatic heterocycles. The van der Waals surface area contributed by atoms with Gasteiger partial charge in [0.2, 0.25) is 0 Å². The predicted octanol–water partition coefficient (Wildman–Crippen LogP) is 4.36. The molecule has 110 valence electrons. The van der Waals surface area contributed by atoms with Crippen LogP contribution in [0.1, 0.15) is 42.4 Å². The van der Waals surface area contributed by atoms with Crippen molar-refractivity contribution in [2.75, 3.05) is 0 Å². The van der Waals surface area contributed by atoms with E-state index < -0.39 is 11.5 Å². The van der Waals surface area contributed by atoms with E-state index in [0.717, 1.165) is 31.2 Å². The molecular formula is C19H21FO. The van der Waals surface area contributed by atoms with Crippen molar-refractivity contribution >= 4 is 0 Å². The largest absolute Gasteiger partial charge is 0.392 e. The number of halogens is 1. The van der Waals surface area contributed by atoms with Gasteiger partial charge in [0, 0.05) is 11.0 Å². The Kier molecular flexibility index (Phi) is 3.81. The maximum Gasteiger partial charge on any atom is 0.127 e. The van der Waals surface area contributed by atoms with Crippen molar-refractivity contribution in [3.8, 4) is 0 Å². The standard InChI is InChI=1S/C19H21FO/c1-14-9-11-15(12-10-14)19(13-5-4-8-18(19)21)16-6-2-3-7-17(16)20/h2-3,6-7,9-12,18,21H,4-5,8,13H2,1H3. The lowest BCUT2D eigenvalue weighted by atomic mass is 9.63. The Hall–Kier alpha value is -1.67.